The van der Waals surface area contributed by atoms with Gasteiger partial charge in [0.05, 0.1) is 18.3 Å². The molecular weight excluding hydrogens is 287 g/mol. The summed E-state index contributed by atoms with van der Waals surface area (Å²) in [5.74, 6) is -1.72. The van der Waals surface area contributed by atoms with Gasteiger partial charge in [0.1, 0.15) is 0 Å². The fourth-order valence-electron chi connectivity index (χ4n) is 1.83. The highest BCUT2D eigenvalue weighted by atomic mass is 19.1. The Hall–Kier alpha value is -1.20. The second-order valence-corrected chi connectivity index (χ2v) is 6.11. The van der Waals surface area contributed by atoms with Crippen LogP contribution in [0.4, 0.5) is 4.39 Å². The summed E-state index contributed by atoms with van der Waals surface area (Å²) in [4.78, 5) is 11.2. The van der Waals surface area contributed by atoms with Crippen LogP contribution in [0.3, 0.4) is 0 Å². The quantitative estimate of drug-likeness (QED) is 0.388. The molecule has 0 radical (unpaired) electrons. The molecule has 2 N–H and O–H groups in total. The first kappa shape index (κ1) is 20.8. The van der Waals surface area contributed by atoms with E-state index in [2.05, 4.69) is 4.74 Å². The van der Waals surface area contributed by atoms with Crippen LogP contribution in [0.1, 0.15) is 60.3 Å². The minimum atomic E-state index is -1.11. The molecular formula is C17H29FO4. The summed E-state index contributed by atoms with van der Waals surface area (Å²) in [5.41, 5.74) is 0.328. The van der Waals surface area contributed by atoms with Crippen LogP contribution in [0.15, 0.2) is 23.0 Å². The molecule has 0 aromatic carbocycles. The first-order valence-corrected chi connectivity index (χ1v) is 7.68. The predicted molar refractivity (Wildman–Crippen MR) is 85.0 cm³/mol. The Balaban J connectivity index is 4.32. The SMILES string of the molecule is CCOC(=O)/C(F)=C(\C)CC/C=C(\C)CC[C@@H](O)C(C)(C)O. The van der Waals surface area contributed by atoms with E-state index in [0.29, 0.717) is 31.3 Å². The Morgan fingerprint density at radius 3 is 2.41 bits per heavy atom. The van der Waals surface area contributed by atoms with Crippen molar-refractivity contribution in [3.05, 3.63) is 23.0 Å². The monoisotopic (exact) mass is 316 g/mol. The minimum Gasteiger partial charge on any atom is -0.461 e. The van der Waals surface area contributed by atoms with Crippen molar-refractivity contribution in [2.75, 3.05) is 6.61 Å². The molecule has 0 aliphatic heterocycles. The lowest BCUT2D eigenvalue weighted by Crippen LogP contribution is -2.35. The Kier molecular flexibility index (Phi) is 9.21. The number of hydrogen-bond acceptors (Lipinski definition) is 4. The number of carbonyl (C=O) groups excluding carboxylic acids is 1. The van der Waals surface area contributed by atoms with Gasteiger partial charge in [0.2, 0.25) is 5.83 Å². The zero-order valence-electron chi connectivity index (χ0n) is 14.3. The molecule has 0 saturated carbocycles. The number of aliphatic hydroxyl groups excluding tert-OH is 1. The van der Waals surface area contributed by atoms with E-state index in [0.717, 1.165) is 5.57 Å². The molecule has 128 valence electrons. The third-order valence-electron chi connectivity index (χ3n) is 3.47. The molecule has 1 atom stereocenters. The van der Waals surface area contributed by atoms with Crippen molar-refractivity contribution < 1.29 is 24.1 Å². The molecule has 0 aliphatic rings. The van der Waals surface area contributed by atoms with Crippen molar-refractivity contribution >= 4 is 5.97 Å². The lowest BCUT2D eigenvalue weighted by molar-refractivity contribution is -0.140. The van der Waals surface area contributed by atoms with Crippen LogP contribution in [0.2, 0.25) is 0 Å². The maximum absolute atomic E-state index is 13.6. The van der Waals surface area contributed by atoms with E-state index < -0.39 is 23.5 Å². The number of hydrogen-bond donors (Lipinski definition) is 2. The van der Waals surface area contributed by atoms with Gasteiger partial charge in [0.15, 0.2) is 0 Å². The van der Waals surface area contributed by atoms with Gasteiger partial charge in [0, 0.05) is 0 Å². The minimum absolute atomic E-state index is 0.155. The third-order valence-corrected chi connectivity index (χ3v) is 3.47. The van der Waals surface area contributed by atoms with Crippen LogP contribution in [-0.2, 0) is 9.53 Å². The summed E-state index contributed by atoms with van der Waals surface area (Å²) in [6.07, 6.45) is 3.36. The highest BCUT2D eigenvalue weighted by molar-refractivity contribution is 5.86. The van der Waals surface area contributed by atoms with Crippen molar-refractivity contribution in [3.8, 4) is 0 Å². The van der Waals surface area contributed by atoms with E-state index in [9.17, 15) is 19.4 Å². The molecule has 0 fully saturated rings. The first-order chi connectivity index (χ1) is 10.1. The second-order valence-electron chi connectivity index (χ2n) is 6.11. The van der Waals surface area contributed by atoms with Crippen LogP contribution in [0, 0.1) is 0 Å². The van der Waals surface area contributed by atoms with E-state index in [1.807, 2.05) is 13.0 Å². The standard InChI is InChI=1S/C17H29FO4/c1-6-22-16(20)15(18)13(3)9-7-8-12(2)10-11-14(19)17(4,5)21/h8,14,19,21H,6-7,9-11H2,1-5H3/b12-8+,15-13-/t14-/m1/s1. The van der Waals surface area contributed by atoms with E-state index in [1.165, 1.54) is 0 Å². The second kappa shape index (κ2) is 9.74. The molecule has 0 amide bonds. The molecule has 0 aliphatic carbocycles. The van der Waals surface area contributed by atoms with Crippen LogP contribution in [0.5, 0.6) is 0 Å². The number of ether oxygens (including phenoxy) is 1. The highest BCUT2D eigenvalue weighted by Crippen LogP contribution is 2.18. The largest absolute Gasteiger partial charge is 0.461 e. The molecule has 0 heterocycles. The van der Waals surface area contributed by atoms with E-state index in [-0.39, 0.29) is 6.61 Å². The number of rotatable bonds is 9. The summed E-state index contributed by atoms with van der Waals surface area (Å²) in [6.45, 7) is 8.44. The van der Waals surface area contributed by atoms with Gasteiger partial charge in [-0.05, 0) is 65.9 Å². The number of esters is 1. The molecule has 0 saturated heterocycles. The normalized spacial score (nSPS) is 15.4. The smallest absolute Gasteiger partial charge is 0.367 e. The summed E-state index contributed by atoms with van der Waals surface area (Å²) in [6, 6.07) is 0. The molecule has 22 heavy (non-hydrogen) atoms. The summed E-state index contributed by atoms with van der Waals surface area (Å²) in [5, 5.41) is 19.4. The van der Waals surface area contributed by atoms with Gasteiger partial charge < -0.3 is 14.9 Å². The van der Waals surface area contributed by atoms with Crippen LogP contribution >= 0.6 is 0 Å². The maximum Gasteiger partial charge on any atom is 0.367 e. The molecule has 0 aromatic heterocycles. The van der Waals surface area contributed by atoms with Crippen molar-refractivity contribution in [2.24, 2.45) is 0 Å². The average Bonchev–Trinajstić information content (AvgIpc) is 2.42. The number of aliphatic hydroxyl groups is 2. The first-order valence-electron chi connectivity index (χ1n) is 7.68. The molecule has 0 bridgehead atoms. The van der Waals surface area contributed by atoms with Gasteiger partial charge in [0.25, 0.3) is 0 Å². The van der Waals surface area contributed by atoms with E-state index in [1.54, 1.807) is 27.7 Å². The molecule has 5 heteroatoms. The summed E-state index contributed by atoms with van der Waals surface area (Å²) >= 11 is 0. The molecule has 0 rings (SSSR count). The molecule has 4 nitrogen and oxygen atoms in total. The molecule has 0 unspecified atom stereocenters. The number of allylic oxidation sites excluding steroid dienone is 3. The van der Waals surface area contributed by atoms with Crippen LogP contribution < -0.4 is 0 Å². The fourth-order valence-corrected chi connectivity index (χ4v) is 1.83. The molecule has 0 spiro atoms. The van der Waals surface area contributed by atoms with Crippen LogP contribution in [-0.4, -0.2) is 34.5 Å². The Morgan fingerprint density at radius 2 is 1.91 bits per heavy atom. The van der Waals surface area contributed by atoms with Gasteiger partial charge in [-0.15, -0.1) is 0 Å². The predicted octanol–water partition coefficient (Wildman–Crippen LogP) is 3.43. The van der Waals surface area contributed by atoms with Gasteiger partial charge in [-0.2, -0.15) is 4.39 Å². The zero-order chi connectivity index (χ0) is 17.3. The van der Waals surface area contributed by atoms with Gasteiger partial charge in [-0.3, -0.25) is 0 Å². The lowest BCUT2D eigenvalue weighted by atomic mass is 9.95. The van der Waals surface area contributed by atoms with Gasteiger partial charge in [-0.25, -0.2) is 4.79 Å². The van der Waals surface area contributed by atoms with Crippen molar-refractivity contribution in [1.82, 2.24) is 0 Å². The third kappa shape index (κ3) is 8.29. The number of carbonyl (C=O) groups is 1. The zero-order valence-corrected chi connectivity index (χ0v) is 14.3. The van der Waals surface area contributed by atoms with E-state index in [4.69, 9.17) is 0 Å². The topological polar surface area (TPSA) is 66.8 Å². The Labute approximate surface area is 132 Å². The van der Waals surface area contributed by atoms with E-state index >= 15 is 0 Å². The summed E-state index contributed by atoms with van der Waals surface area (Å²) in [7, 11) is 0. The lowest BCUT2D eigenvalue weighted by Gasteiger charge is -2.24. The Bertz CT molecular complexity index is 419. The Morgan fingerprint density at radius 1 is 1.32 bits per heavy atom. The maximum atomic E-state index is 13.6. The van der Waals surface area contributed by atoms with Gasteiger partial charge in [-0.1, -0.05) is 11.6 Å². The van der Waals surface area contributed by atoms with Crippen molar-refractivity contribution in [3.63, 3.8) is 0 Å². The van der Waals surface area contributed by atoms with Gasteiger partial charge >= 0.3 is 5.97 Å². The van der Waals surface area contributed by atoms with Crippen LogP contribution in [0.25, 0.3) is 0 Å². The number of halogens is 1. The van der Waals surface area contributed by atoms with Crippen molar-refractivity contribution in [1.29, 1.82) is 0 Å². The van der Waals surface area contributed by atoms with Crippen molar-refractivity contribution in [2.45, 2.75) is 72.0 Å². The summed E-state index contributed by atoms with van der Waals surface area (Å²) < 4.78 is 18.2. The molecule has 0 aromatic rings. The highest BCUT2D eigenvalue weighted by Gasteiger charge is 2.23. The average molecular weight is 316 g/mol. The fraction of sp³-hybridized carbons (Fsp3) is 0.706.